The van der Waals surface area contributed by atoms with Gasteiger partial charge in [-0.1, -0.05) is 0 Å². The second kappa shape index (κ2) is 5.54. The van der Waals surface area contributed by atoms with Crippen LogP contribution < -0.4 is 5.73 Å². The molecular weight excluding hydrogens is 233 g/mol. The lowest BCUT2D eigenvalue weighted by Crippen LogP contribution is -2.45. The van der Waals surface area contributed by atoms with Gasteiger partial charge in [0.25, 0.3) is 0 Å². The normalized spacial score (nSPS) is 23.6. The Morgan fingerprint density at radius 3 is 2.24 bits per heavy atom. The van der Waals surface area contributed by atoms with Crippen LogP contribution in [-0.4, -0.2) is 48.0 Å². The summed E-state index contributed by atoms with van der Waals surface area (Å²) < 4.78 is 37.3. The maximum Gasteiger partial charge on any atom is 0.391 e. The van der Waals surface area contributed by atoms with E-state index in [2.05, 4.69) is 0 Å². The number of aliphatic hydroxyl groups excluding tert-OH is 1. The Hall–Kier alpha value is -0.330. The summed E-state index contributed by atoms with van der Waals surface area (Å²) in [4.78, 5) is 1.99. The van der Waals surface area contributed by atoms with E-state index in [1.165, 1.54) is 0 Å². The van der Waals surface area contributed by atoms with Gasteiger partial charge in [-0.25, -0.2) is 0 Å². The second-order valence-corrected chi connectivity index (χ2v) is 5.22. The molecule has 1 heterocycles. The van der Waals surface area contributed by atoms with E-state index >= 15 is 0 Å². The lowest BCUT2D eigenvalue weighted by molar-refractivity contribution is -0.185. The fourth-order valence-corrected chi connectivity index (χ4v) is 1.98. The molecule has 0 radical (unpaired) electrons. The van der Waals surface area contributed by atoms with E-state index in [4.69, 9.17) is 10.8 Å². The summed E-state index contributed by atoms with van der Waals surface area (Å²) in [5.41, 5.74) is 5.14. The minimum absolute atomic E-state index is 0.105. The molecule has 0 aromatic carbocycles. The zero-order chi connectivity index (χ0) is 13.1. The number of hydrogen-bond acceptors (Lipinski definition) is 3. The fraction of sp³-hybridized carbons (Fsp3) is 1.00. The van der Waals surface area contributed by atoms with Crippen LogP contribution in [0, 0.1) is 5.92 Å². The first-order valence-corrected chi connectivity index (χ1v) is 5.93. The number of rotatable bonds is 4. The van der Waals surface area contributed by atoms with Crippen molar-refractivity contribution in [3.05, 3.63) is 0 Å². The van der Waals surface area contributed by atoms with Gasteiger partial charge >= 0.3 is 6.18 Å². The molecule has 1 unspecified atom stereocenters. The smallest absolute Gasteiger partial charge is 0.391 e. The Bertz CT molecular complexity index is 235. The summed E-state index contributed by atoms with van der Waals surface area (Å²) in [6, 6.07) is 0. The van der Waals surface area contributed by atoms with Crippen LogP contribution in [0.25, 0.3) is 0 Å². The van der Waals surface area contributed by atoms with Crippen LogP contribution >= 0.6 is 0 Å². The Balaban J connectivity index is 2.29. The van der Waals surface area contributed by atoms with Crippen molar-refractivity contribution >= 4 is 0 Å². The van der Waals surface area contributed by atoms with Crippen molar-refractivity contribution in [1.82, 2.24) is 4.90 Å². The van der Waals surface area contributed by atoms with Crippen molar-refractivity contribution in [2.24, 2.45) is 11.7 Å². The summed E-state index contributed by atoms with van der Waals surface area (Å²) >= 11 is 0. The number of hydrogen-bond donors (Lipinski definition) is 2. The lowest BCUT2D eigenvalue weighted by Gasteiger charge is -2.34. The van der Waals surface area contributed by atoms with Crippen LogP contribution in [0.4, 0.5) is 13.2 Å². The van der Waals surface area contributed by atoms with Crippen molar-refractivity contribution in [3.8, 4) is 0 Å². The summed E-state index contributed by atoms with van der Waals surface area (Å²) in [7, 11) is 0. The van der Waals surface area contributed by atoms with Crippen LogP contribution in [0.15, 0.2) is 0 Å². The first kappa shape index (κ1) is 14.7. The summed E-state index contributed by atoms with van der Waals surface area (Å²) in [5, 5.41) is 8.98. The first-order valence-electron chi connectivity index (χ1n) is 5.93. The minimum atomic E-state index is -4.06. The standard InChI is InChI=1S/C11H21F3N2O/c1-10(15,8-17)4-7-16-5-2-9(3-6-16)11(12,13)14/h9,17H,2-8,15H2,1H3. The molecule has 6 heteroatoms. The van der Waals surface area contributed by atoms with Gasteiger partial charge in [-0.05, 0) is 45.8 Å². The van der Waals surface area contributed by atoms with Crippen LogP contribution in [0.1, 0.15) is 26.2 Å². The first-order chi connectivity index (χ1) is 7.74. The summed E-state index contributed by atoms with van der Waals surface area (Å²) in [6.45, 7) is 3.22. The molecule has 17 heavy (non-hydrogen) atoms. The number of alkyl halides is 3. The molecule has 3 N–H and O–H groups in total. The molecule has 1 atom stereocenters. The Labute approximate surface area is 99.8 Å². The highest BCUT2D eigenvalue weighted by molar-refractivity contribution is 4.82. The third kappa shape index (κ3) is 4.81. The van der Waals surface area contributed by atoms with Crippen LogP contribution in [0.5, 0.6) is 0 Å². The highest BCUT2D eigenvalue weighted by Crippen LogP contribution is 2.34. The summed E-state index contributed by atoms with van der Waals surface area (Å²) in [6.07, 6.45) is -3.12. The quantitative estimate of drug-likeness (QED) is 0.796. The molecule has 1 fully saturated rings. The highest BCUT2D eigenvalue weighted by atomic mass is 19.4. The van der Waals surface area contributed by atoms with E-state index < -0.39 is 17.6 Å². The number of likely N-dealkylation sites (tertiary alicyclic amines) is 1. The van der Waals surface area contributed by atoms with Gasteiger partial charge in [-0.15, -0.1) is 0 Å². The minimum Gasteiger partial charge on any atom is -0.394 e. The molecule has 0 aliphatic carbocycles. The molecule has 102 valence electrons. The summed E-state index contributed by atoms with van der Waals surface area (Å²) in [5.74, 6) is -1.15. The highest BCUT2D eigenvalue weighted by Gasteiger charge is 2.41. The number of aliphatic hydroxyl groups is 1. The third-order valence-corrected chi connectivity index (χ3v) is 3.41. The van der Waals surface area contributed by atoms with Crippen molar-refractivity contribution in [2.75, 3.05) is 26.2 Å². The SMILES string of the molecule is CC(N)(CO)CCN1CCC(C(F)(F)F)CC1. The lowest BCUT2D eigenvalue weighted by atomic mass is 9.95. The van der Waals surface area contributed by atoms with E-state index in [1.54, 1.807) is 6.92 Å². The molecule has 0 amide bonds. The zero-order valence-electron chi connectivity index (χ0n) is 10.1. The topological polar surface area (TPSA) is 49.5 Å². The van der Waals surface area contributed by atoms with Gasteiger partial charge in [-0.2, -0.15) is 13.2 Å². The van der Waals surface area contributed by atoms with Crippen LogP contribution in [0.3, 0.4) is 0 Å². The molecule has 0 saturated carbocycles. The maximum atomic E-state index is 12.4. The predicted molar refractivity (Wildman–Crippen MR) is 59.5 cm³/mol. The largest absolute Gasteiger partial charge is 0.394 e. The van der Waals surface area contributed by atoms with Gasteiger partial charge in [0, 0.05) is 5.54 Å². The van der Waals surface area contributed by atoms with Crippen LogP contribution in [-0.2, 0) is 0 Å². The van der Waals surface area contributed by atoms with E-state index in [9.17, 15) is 13.2 Å². The Kier molecular flexibility index (Phi) is 4.80. The van der Waals surface area contributed by atoms with Crippen LogP contribution in [0.2, 0.25) is 0 Å². The van der Waals surface area contributed by atoms with Gasteiger partial charge in [0.05, 0.1) is 12.5 Å². The van der Waals surface area contributed by atoms with Crippen molar-refractivity contribution < 1.29 is 18.3 Å². The van der Waals surface area contributed by atoms with E-state index in [0.29, 0.717) is 26.1 Å². The van der Waals surface area contributed by atoms with Crippen molar-refractivity contribution in [1.29, 1.82) is 0 Å². The molecule has 0 spiro atoms. The average Bonchev–Trinajstić information content (AvgIpc) is 2.26. The molecular formula is C11H21F3N2O. The van der Waals surface area contributed by atoms with E-state index in [0.717, 1.165) is 0 Å². The van der Waals surface area contributed by atoms with Gasteiger partial charge in [0.15, 0.2) is 0 Å². The van der Waals surface area contributed by atoms with Gasteiger partial charge in [0.1, 0.15) is 0 Å². The number of halogens is 3. The van der Waals surface area contributed by atoms with Crippen molar-refractivity contribution in [2.45, 2.75) is 37.9 Å². The van der Waals surface area contributed by atoms with E-state index in [1.807, 2.05) is 4.90 Å². The number of piperidine rings is 1. The monoisotopic (exact) mass is 254 g/mol. The Morgan fingerprint density at radius 1 is 1.29 bits per heavy atom. The molecule has 1 aliphatic rings. The maximum absolute atomic E-state index is 12.4. The molecule has 3 nitrogen and oxygen atoms in total. The van der Waals surface area contributed by atoms with Crippen molar-refractivity contribution in [3.63, 3.8) is 0 Å². The molecule has 1 saturated heterocycles. The molecule has 1 rings (SSSR count). The number of nitrogens with two attached hydrogens (primary N) is 1. The zero-order valence-corrected chi connectivity index (χ0v) is 10.1. The van der Waals surface area contributed by atoms with Gasteiger partial charge in [0.2, 0.25) is 0 Å². The predicted octanol–water partition coefficient (Wildman–Crippen LogP) is 1.36. The molecule has 0 aromatic rings. The van der Waals surface area contributed by atoms with E-state index in [-0.39, 0.29) is 19.4 Å². The van der Waals surface area contributed by atoms with Gasteiger partial charge in [-0.3, -0.25) is 0 Å². The molecule has 0 aromatic heterocycles. The average molecular weight is 254 g/mol. The molecule has 0 bridgehead atoms. The number of nitrogens with zero attached hydrogens (tertiary/aromatic N) is 1. The third-order valence-electron chi connectivity index (χ3n) is 3.41. The molecule has 1 aliphatic heterocycles. The second-order valence-electron chi connectivity index (χ2n) is 5.22. The van der Waals surface area contributed by atoms with Gasteiger partial charge < -0.3 is 15.7 Å². The Morgan fingerprint density at radius 2 is 1.82 bits per heavy atom. The fourth-order valence-electron chi connectivity index (χ4n) is 1.98.